The van der Waals surface area contributed by atoms with Gasteiger partial charge in [0.1, 0.15) is 23.9 Å². The molecule has 0 aliphatic rings. The van der Waals surface area contributed by atoms with E-state index in [2.05, 4.69) is 10.1 Å². The van der Waals surface area contributed by atoms with Crippen molar-refractivity contribution in [2.45, 2.75) is 13.5 Å². The van der Waals surface area contributed by atoms with Crippen LogP contribution in [-0.4, -0.2) is 30.7 Å². The fourth-order valence-electron chi connectivity index (χ4n) is 2.34. The maximum Gasteiger partial charge on any atom is 0.339 e. The van der Waals surface area contributed by atoms with Crippen molar-refractivity contribution in [3.05, 3.63) is 56.5 Å². The molecule has 2 aromatic rings. The van der Waals surface area contributed by atoms with Gasteiger partial charge in [-0.3, -0.25) is 9.59 Å². The summed E-state index contributed by atoms with van der Waals surface area (Å²) in [7, 11) is 2.60. The minimum atomic E-state index is -0.726. The molecule has 0 aliphatic heterocycles. The third-order valence-electron chi connectivity index (χ3n) is 3.70. The molecule has 1 amide bonds. The Kier molecular flexibility index (Phi) is 6.21. The van der Waals surface area contributed by atoms with Crippen LogP contribution in [0.25, 0.3) is 0 Å². The molecule has 0 aliphatic carbocycles. The summed E-state index contributed by atoms with van der Waals surface area (Å²) in [5.74, 6) is -0.925. The number of hydrogen-bond acceptors (Lipinski definition) is 6. The standard InChI is InChI=1S/C18H16ClN3O5/c1-10-4-14(15(26-2)6-13(10)19)21-16(23)9-22-8-12(18(25)27-3)5-11(7-20)17(22)24/h4-6,8H,9H2,1-3H3,(H,21,23). The Morgan fingerprint density at radius 1 is 1.30 bits per heavy atom. The van der Waals surface area contributed by atoms with Crippen LogP contribution < -0.4 is 15.6 Å². The molecule has 0 saturated heterocycles. The SMILES string of the molecule is COC(=O)c1cc(C#N)c(=O)n(CC(=O)Nc2cc(C)c(Cl)cc2OC)c1. The Labute approximate surface area is 159 Å². The number of halogens is 1. The normalized spacial score (nSPS) is 10.0. The number of ether oxygens (including phenoxy) is 2. The number of methoxy groups -OCH3 is 2. The van der Waals surface area contributed by atoms with E-state index in [1.54, 1.807) is 25.1 Å². The number of rotatable bonds is 5. The zero-order chi connectivity index (χ0) is 20.1. The first kappa shape index (κ1) is 20.0. The fourth-order valence-corrected chi connectivity index (χ4v) is 2.49. The van der Waals surface area contributed by atoms with Crippen LogP contribution in [0.5, 0.6) is 5.75 Å². The van der Waals surface area contributed by atoms with Gasteiger partial charge in [-0.15, -0.1) is 0 Å². The summed E-state index contributed by atoms with van der Waals surface area (Å²) in [6.07, 6.45) is 1.17. The molecule has 0 fully saturated rings. The molecule has 1 aromatic carbocycles. The number of pyridine rings is 1. The lowest BCUT2D eigenvalue weighted by Gasteiger charge is -2.13. The van der Waals surface area contributed by atoms with Gasteiger partial charge < -0.3 is 19.4 Å². The molecule has 8 nitrogen and oxygen atoms in total. The van der Waals surface area contributed by atoms with E-state index in [4.69, 9.17) is 21.6 Å². The van der Waals surface area contributed by atoms with Crippen LogP contribution in [0.4, 0.5) is 5.69 Å². The monoisotopic (exact) mass is 389 g/mol. The van der Waals surface area contributed by atoms with Crippen molar-refractivity contribution in [1.29, 1.82) is 5.26 Å². The van der Waals surface area contributed by atoms with Crippen molar-refractivity contribution in [2.75, 3.05) is 19.5 Å². The number of aromatic nitrogens is 1. The topological polar surface area (TPSA) is 110 Å². The van der Waals surface area contributed by atoms with Crippen molar-refractivity contribution in [2.24, 2.45) is 0 Å². The van der Waals surface area contributed by atoms with Crippen LogP contribution in [0.3, 0.4) is 0 Å². The van der Waals surface area contributed by atoms with E-state index in [1.807, 2.05) is 0 Å². The Balaban J connectivity index is 2.34. The summed E-state index contributed by atoms with van der Waals surface area (Å²) in [4.78, 5) is 36.3. The number of benzene rings is 1. The van der Waals surface area contributed by atoms with Crippen molar-refractivity contribution in [1.82, 2.24) is 4.57 Å². The van der Waals surface area contributed by atoms with Crippen molar-refractivity contribution < 1.29 is 19.1 Å². The zero-order valence-electron chi connectivity index (χ0n) is 14.8. The van der Waals surface area contributed by atoms with Gasteiger partial charge >= 0.3 is 5.97 Å². The van der Waals surface area contributed by atoms with Crippen LogP contribution >= 0.6 is 11.6 Å². The highest BCUT2D eigenvalue weighted by atomic mass is 35.5. The maximum absolute atomic E-state index is 12.4. The molecule has 9 heteroatoms. The second-order valence-corrected chi connectivity index (χ2v) is 5.94. The summed E-state index contributed by atoms with van der Waals surface area (Å²) in [6.45, 7) is 1.35. The molecule has 0 bridgehead atoms. The summed E-state index contributed by atoms with van der Waals surface area (Å²) in [5.41, 5.74) is 0.123. The van der Waals surface area contributed by atoms with Crippen molar-refractivity contribution >= 4 is 29.2 Å². The lowest BCUT2D eigenvalue weighted by Crippen LogP contribution is -2.30. The van der Waals surface area contributed by atoms with Crippen molar-refractivity contribution in [3.63, 3.8) is 0 Å². The van der Waals surface area contributed by atoms with E-state index in [0.29, 0.717) is 16.5 Å². The van der Waals surface area contributed by atoms with E-state index in [1.165, 1.54) is 20.4 Å². The van der Waals surface area contributed by atoms with E-state index in [9.17, 15) is 14.4 Å². The minimum Gasteiger partial charge on any atom is -0.495 e. The Hall–Kier alpha value is -3.31. The Bertz CT molecular complexity index is 1010. The van der Waals surface area contributed by atoms with Crippen LogP contribution in [0, 0.1) is 18.3 Å². The smallest absolute Gasteiger partial charge is 0.339 e. The average molecular weight is 390 g/mol. The van der Waals surface area contributed by atoms with Gasteiger partial charge in [0.25, 0.3) is 5.56 Å². The lowest BCUT2D eigenvalue weighted by molar-refractivity contribution is -0.116. The van der Waals surface area contributed by atoms with E-state index < -0.39 is 24.0 Å². The molecular weight excluding hydrogens is 374 g/mol. The molecule has 2 rings (SSSR count). The highest BCUT2D eigenvalue weighted by Crippen LogP contribution is 2.30. The van der Waals surface area contributed by atoms with Crippen LogP contribution in [0.2, 0.25) is 5.02 Å². The molecular formula is C18H16ClN3O5. The molecule has 27 heavy (non-hydrogen) atoms. The quantitative estimate of drug-likeness (QED) is 0.784. The maximum atomic E-state index is 12.4. The summed E-state index contributed by atoms with van der Waals surface area (Å²) in [5, 5.41) is 12.2. The van der Waals surface area contributed by atoms with Gasteiger partial charge in [0, 0.05) is 17.3 Å². The van der Waals surface area contributed by atoms with Gasteiger partial charge in [0.2, 0.25) is 5.91 Å². The number of amides is 1. The first-order chi connectivity index (χ1) is 12.8. The van der Waals surface area contributed by atoms with E-state index >= 15 is 0 Å². The number of carbonyl (C=O) groups is 2. The molecule has 1 N–H and O–H groups in total. The second kappa shape index (κ2) is 8.38. The number of carbonyl (C=O) groups excluding carboxylic acids is 2. The van der Waals surface area contributed by atoms with Gasteiger partial charge in [-0.1, -0.05) is 11.6 Å². The Morgan fingerprint density at radius 2 is 2.00 bits per heavy atom. The molecule has 0 atom stereocenters. The molecule has 1 aromatic heterocycles. The van der Waals surface area contributed by atoms with Crippen LogP contribution in [0.15, 0.2) is 29.2 Å². The third kappa shape index (κ3) is 4.46. The Morgan fingerprint density at radius 3 is 2.59 bits per heavy atom. The molecule has 0 unspecified atom stereocenters. The summed E-state index contributed by atoms with van der Waals surface area (Å²) >= 11 is 6.03. The number of aryl methyl sites for hydroxylation is 1. The molecule has 0 radical (unpaired) electrons. The van der Waals surface area contributed by atoms with Crippen LogP contribution in [-0.2, 0) is 16.1 Å². The van der Waals surface area contributed by atoms with Gasteiger partial charge in [0.05, 0.1) is 25.5 Å². The number of anilines is 1. The second-order valence-electron chi connectivity index (χ2n) is 5.53. The van der Waals surface area contributed by atoms with Gasteiger partial charge in [-0.05, 0) is 24.6 Å². The highest BCUT2D eigenvalue weighted by Gasteiger charge is 2.16. The number of esters is 1. The summed E-state index contributed by atoms with van der Waals surface area (Å²) in [6, 6.07) is 6.01. The predicted molar refractivity (Wildman–Crippen MR) is 98.1 cm³/mol. The number of hydrogen-bond donors (Lipinski definition) is 1. The first-order valence-corrected chi connectivity index (χ1v) is 8.05. The summed E-state index contributed by atoms with van der Waals surface area (Å²) < 4.78 is 10.7. The minimum absolute atomic E-state index is 0.0126. The molecule has 140 valence electrons. The number of nitriles is 1. The van der Waals surface area contributed by atoms with Gasteiger partial charge in [-0.2, -0.15) is 5.26 Å². The lowest BCUT2D eigenvalue weighted by atomic mass is 10.2. The van der Waals surface area contributed by atoms with Crippen molar-refractivity contribution in [3.8, 4) is 11.8 Å². The van der Waals surface area contributed by atoms with E-state index in [-0.39, 0.29) is 11.1 Å². The average Bonchev–Trinajstić information content (AvgIpc) is 2.65. The highest BCUT2D eigenvalue weighted by molar-refractivity contribution is 6.31. The molecule has 0 saturated carbocycles. The van der Waals surface area contributed by atoms with Gasteiger partial charge in [0.15, 0.2) is 0 Å². The first-order valence-electron chi connectivity index (χ1n) is 7.67. The molecule has 1 heterocycles. The van der Waals surface area contributed by atoms with Gasteiger partial charge in [-0.25, -0.2) is 4.79 Å². The largest absolute Gasteiger partial charge is 0.495 e. The zero-order valence-corrected chi connectivity index (χ0v) is 15.6. The predicted octanol–water partition coefficient (Wildman–Crippen LogP) is 2.12. The fraction of sp³-hybridized carbons (Fsp3) is 0.222. The van der Waals surface area contributed by atoms with Crippen LogP contribution in [0.1, 0.15) is 21.5 Å². The molecule has 0 spiro atoms. The van der Waals surface area contributed by atoms with E-state index in [0.717, 1.165) is 16.2 Å². The third-order valence-corrected chi connectivity index (χ3v) is 4.10. The number of nitrogens with one attached hydrogen (secondary N) is 1. The number of nitrogens with zero attached hydrogens (tertiary/aromatic N) is 2.